The van der Waals surface area contributed by atoms with Crippen molar-refractivity contribution in [2.24, 2.45) is 0 Å². The number of aromatic nitrogens is 3. The van der Waals surface area contributed by atoms with E-state index < -0.39 is 0 Å². The van der Waals surface area contributed by atoms with Gasteiger partial charge in [-0.15, -0.1) is 29.3 Å². The van der Waals surface area contributed by atoms with Crippen LogP contribution in [0.5, 0.6) is 5.75 Å². The summed E-state index contributed by atoms with van der Waals surface area (Å²) in [7, 11) is 0. The molecule has 2 aromatic heterocycles. The first-order valence-electron chi connectivity index (χ1n) is 23.5. The third-order valence-corrected chi connectivity index (χ3v) is 13.0. The SMILES string of the molecule is CC(C)(C)c1ccc(-c2cc(C(C)(C)C)ccc2-n2c(-c3cc(C(C)(C)C)cc(C(C)(C)C)c3O)nc3c(-c4[c-]c(-c5cc(-c6ccccc6)ccn5)cc(C(C)(C)C)c4)cccc32)cc1.[Pt]. The first-order chi connectivity index (χ1) is 30.8. The molecule has 0 fully saturated rings. The van der Waals surface area contributed by atoms with Gasteiger partial charge in [0.15, 0.2) is 0 Å². The summed E-state index contributed by atoms with van der Waals surface area (Å²) in [4.78, 5) is 10.6. The molecular formula is C62H68N3OPt-. The third kappa shape index (κ3) is 10.0. The normalized spacial score (nSPS) is 12.6. The Labute approximate surface area is 415 Å². The second-order valence-electron chi connectivity index (χ2n) is 23.4. The van der Waals surface area contributed by atoms with E-state index in [0.29, 0.717) is 11.4 Å². The summed E-state index contributed by atoms with van der Waals surface area (Å²) in [5.41, 5.74) is 16.6. The van der Waals surface area contributed by atoms with Gasteiger partial charge in [-0.2, -0.15) is 0 Å². The predicted octanol–water partition coefficient (Wildman–Crippen LogP) is 16.7. The standard InChI is InChI=1S/C62H68N3O.Pt/c1-58(2,3)44-26-24-40(25-27-44)49-36-45(59(4,5)6)28-29-53(49)65-54-23-19-22-48(55(54)64-57(65)50-37-47(61(10,11)12)38-51(56(50)66)62(13,14)15)42-32-43(34-46(33-42)60(7,8)9)52-35-41(30-31-63-52)39-20-17-16-18-21-39;/h16-31,33-38,66H,1-15H3;/q-1;. The first-order valence-corrected chi connectivity index (χ1v) is 23.5. The minimum atomic E-state index is -0.332. The van der Waals surface area contributed by atoms with E-state index in [0.717, 1.165) is 72.5 Å². The molecule has 5 heteroatoms. The largest absolute Gasteiger partial charge is 0.507 e. The van der Waals surface area contributed by atoms with Crippen molar-refractivity contribution in [1.29, 1.82) is 0 Å². The molecule has 0 bridgehead atoms. The molecule has 0 atom stereocenters. The number of pyridine rings is 1. The Bertz CT molecular complexity index is 3080. The number of hydrogen-bond donors (Lipinski definition) is 1. The minimum Gasteiger partial charge on any atom is -0.507 e. The number of nitrogens with zero attached hydrogens (tertiary/aromatic N) is 3. The molecule has 67 heavy (non-hydrogen) atoms. The summed E-state index contributed by atoms with van der Waals surface area (Å²) in [5.74, 6) is 0.941. The van der Waals surface area contributed by atoms with E-state index in [1.165, 1.54) is 16.7 Å². The molecule has 0 radical (unpaired) electrons. The van der Waals surface area contributed by atoms with Crippen LogP contribution >= 0.6 is 0 Å². The van der Waals surface area contributed by atoms with Crippen LogP contribution in [0.15, 0.2) is 134 Å². The molecule has 0 saturated carbocycles. The van der Waals surface area contributed by atoms with Crippen LogP contribution in [-0.4, -0.2) is 19.6 Å². The number of aromatic hydroxyl groups is 1. The summed E-state index contributed by atoms with van der Waals surface area (Å²) < 4.78 is 2.30. The van der Waals surface area contributed by atoms with Crippen LogP contribution in [0.25, 0.3) is 72.7 Å². The van der Waals surface area contributed by atoms with Gasteiger partial charge in [-0.05, 0) is 90.8 Å². The van der Waals surface area contributed by atoms with Gasteiger partial charge in [-0.1, -0.05) is 200 Å². The average molecular weight is 1070 g/mol. The number of rotatable bonds is 6. The van der Waals surface area contributed by atoms with Gasteiger partial charge in [0.05, 0.1) is 22.3 Å². The first kappa shape index (κ1) is 49.3. The van der Waals surface area contributed by atoms with Crippen LogP contribution in [0.3, 0.4) is 0 Å². The predicted molar refractivity (Wildman–Crippen MR) is 280 cm³/mol. The van der Waals surface area contributed by atoms with E-state index >= 15 is 0 Å². The van der Waals surface area contributed by atoms with Crippen LogP contribution < -0.4 is 0 Å². The molecule has 0 aliphatic carbocycles. The van der Waals surface area contributed by atoms with Crippen molar-refractivity contribution in [1.82, 2.24) is 14.5 Å². The van der Waals surface area contributed by atoms with E-state index in [1.54, 1.807) is 0 Å². The van der Waals surface area contributed by atoms with Crippen molar-refractivity contribution in [3.8, 4) is 67.5 Å². The fourth-order valence-corrected chi connectivity index (χ4v) is 8.80. The van der Waals surface area contributed by atoms with Crippen molar-refractivity contribution in [3.05, 3.63) is 167 Å². The van der Waals surface area contributed by atoms with E-state index in [1.807, 2.05) is 12.3 Å². The third-order valence-electron chi connectivity index (χ3n) is 13.0. The molecule has 1 N–H and O–H groups in total. The molecular weight excluding hydrogens is 998 g/mol. The van der Waals surface area contributed by atoms with Crippen molar-refractivity contribution in [2.45, 2.75) is 131 Å². The zero-order chi connectivity index (χ0) is 47.7. The summed E-state index contributed by atoms with van der Waals surface area (Å²) in [6, 6.07) is 49.8. The monoisotopic (exact) mass is 1070 g/mol. The van der Waals surface area contributed by atoms with E-state index in [2.05, 4.69) is 236 Å². The molecule has 8 rings (SSSR count). The van der Waals surface area contributed by atoms with Crippen LogP contribution in [-0.2, 0) is 48.1 Å². The summed E-state index contributed by atoms with van der Waals surface area (Å²) in [6.45, 7) is 33.6. The van der Waals surface area contributed by atoms with Gasteiger partial charge >= 0.3 is 0 Å². The van der Waals surface area contributed by atoms with Gasteiger partial charge in [0.25, 0.3) is 0 Å². The molecule has 6 aromatic carbocycles. The van der Waals surface area contributed by atoms with Crippen molar-refractivity contribution < 1.29 is 26.2 Å². The maximum absolute atomic E-state index is 12.6. The van der Waals surface area contributed by atoms with Crippen molar-refractivity contribution in [2.75, 3.05) is 0 Å². The second-order valence-corrected chi connectivity index (χ2v) is 23.4. The summed E-state index contributed by atoms with van der Waals surface area (Å²) in [6.07, 6.45) is 1.90. The quantitative estimate of drug-likeness (QED) is 0.169. The zero-order valence-electron chi connectivity index (χ0n) is 42.3. The average Bonchev–Trinajstić information content (AvgIpc) is 3.64. The van der Waals surface area contributed by atoms with Gasteiger partial charge in [0, 0.05) is 44.1 Å². The van der Waals surface area contributed by atoms with Crippen LogP contribution in [0.4, 0.5) is 0 Å². The van der Waals surface area contributed by atoms with E-state index in [9.17, 15) is 5.11 Å². The van der Waals surface area contributed by atoms with Crippen molar-refractivity contribution in [3.63, 3.8) is 0 Å². The molecule has 0 spiro atoms. The van der Waals surface area contributed by atoms with Gasteiger partial charge in [0.2, 0.25) is 0 Å². The molecule has 0 amide bonds. The molecule has 0 aliphatic heterocycles. The van der Waals surface area contributed by atoms with Gasteiger partial charge in [0.1, 0.15) is 11.6 Å². The Morgan fingerprint density at radius 1 is 0.463 bits per heavy atom. The number of phenolic OH excluding ortho intramolecular Hbond substituents is 1. The zero-order valence-corrected chi connectivity index (χ0v) is 44.6. The van der Waals surface area contributed by atoms with Gasteiger partial charge < -0.3 is 5.11 Å². The Morgan fingerprint density at radius 3 is 1.66 bits per heavy atom. The fourth-order valence-electron chi connectivity index (χ4n) is 8.80. The topological polar surface area (TPSA) is 50.9 Å². The van der Waals surface area contributed by atoms with Crippen LogP contribution in [0.1, 0.15) is 132 Å². The molecule has 0 aliphatic rings. The Kier molecular flexibility index (Phi) is 13.1. The smallest absolute Gasteiger partial charge is 0.148 e. The number of imidazole rings is 1. The van der Waals surface area contributed by atoms with Gasteiger partial charge in [-0.3, -0.25) is 9.55 Å². The number of fused-ring (bicyclic) bond motifs is 1. The van der Waals surface area contributed by atoms with Crippen LogP contribution in [0, 0.1) is 6.07 Å². The molecule has 2 heterocycles. The maximum Gasteiger partial charge on any atom is 0.148 e. The molecule has 4 nitrogen and oxygen atoms in total. The number of hydrogen-bond acceptors (Lipinski definition) is 3. The number of para-hydroxylation sites is 1. The number of benzene rings is 6. The summed E-state index contributed by atoms with van der Waals surface area (Å²) >= 11 is 0. The molecule has 0 unspecified atom stereocenters. The molecule has 348 valence electrons. The van der Waals surface area contributed by atoms with E-state index in [4.69, 9.17) is 9.97 Å². The molecule has 0 saturated heterocycles. The number of phenols is 1. The van der Waals surface area contributed by atoms with Crippen molar-refractivity contribution >= 4 is 11.0 Å². The fraction of sp³-hybridized carbons (Fsp3) is 0.323. The Morgan fingerprint density at radius 2 is 1.04 bits per heavy atom. The van der Waals surface area contributed by atoms with Crippen LogP contribution in [0.2, 0.25) is 0 Å². The maximum atomic E-state index is 12.6. The van der Waals surface area contributed by atoms with E-state index in [-0.39, 0.29) is 53.9 Å². The minimum absolute atomic E-state index is 0. The van der Waals surface area contributed by atoms with Gasteiger partial charge in [-0.25, -0.2) is 4.98 Å². The summed E-state index contributed by atoms with van der Waals surface area (Å²) in [5, 5.41) is 12.6. The Hall–Kier alpha value is -5.57. The second kappa shape index (κ2) is 17.8. The Balaban J connectivity index is 0.00000666. The molecule has 8 aromatic rings.